The Kier molecular flexibility index (Phi) is 5.15. The summed E-state index contributed by atoms with van der Waals surface area (Å²) in [7, 11) is 1.39. The molecule has 2 N–H and O–H groups in total. The molecular formula is C13H18BrNO2. The minimum Gasteiger partial charge on any atom is -0.469 e. The zero-order valence-corrected chi connectivity index (χ0v) is 12.0. The van der Waals surface area contributed by atoms with Gasteiger partial charge in [-0.2, -0.15) is 0 Å². The van der Waals surface area contributed by atoms with Crippen LogP contribution in [0.2, 0.25) is 0 Å². The second-order valence-electron chi connectivity index (χ2n) is 4.18. The Bertz CT molecular complexity index is 418. The van der Waals surface area contributed by atoms with Crippen LogP contribution >= 0.6 is 15.9 Å². The molecule has 94 valence electrons. The van der Waals surface area contributed by atoms with Crippen LogP contribution in [0.4, 0.5) is 0 Å². The summed E-state index contributed by atoms with van der Waals surface area (Å²) >= 11 is 3.49. The van der Waals surface area contributed by atoms with E-state index in [0.29, 0.717) is 12.8 Å². The number of hydrogen-bond acceptors (Lipinski definition) is 3. The molecule has 17 heavy (non-hydrogen) atoms. The van der Waals surface area contributed by atoms with Crippen molar-refractivity contribution in [3.63, 3.8) is 0 Å². The molecule has 0 saturated carbocycles. The van der Waals surface area contributed by atoms with Gasteiger partial charge in [0.25, 0.3) is 0 Å². The van der Waals surface area contributed by atoms with Crippen LogP contribution in [0.3, 0.4) is 0 Å². The van der Waals surface area contributed by atoms with Crippen LogP contribution in [-0.4, -0.2) is 13.1 Å². The maximum atomic E-state index is 11.1. The van der Waals surface area contributed by atoms with Gasteiger partial charge in [-0.25, -0.2) is 0 Å². The van der Waals surface area contributed by atoms with Gasteiger partial charge < -0.3 is 10.5 Å². The number of hydrogen-bond donors (Lipinski definition) is 1. The summed E-state index contributed by atoms with van der Waals surface area (Å²) in [5.74, 6) is -0.216. The Hall–Kier alpha value is -0.870. The Balaban J connectivity index is 2.78. The summed E-state index contributed by atoms with van der Waals surface area (Å²) in [4.78, 5) is 11.1. The zero-order chi connectivity index (χ0) is 13.0. The molecule has 1 atom stereocenters. The average Bonchev–Trinajstić information content (AvgIpc) is 2.30. The first-order valence-electron chi connectivity index (χ1n) is 5.54. The quantitative estimate of drug-likeness (QED) is 0.870. The maximum absolute atomic E-state index is 11.1. The van der Waals surface area contributed by atoms with Gasteiger partial charge in [-0.05, 0) is 43.0 Å². The lowest BCUT2D eigenvalue weighted by Gasteiger charge is -2.16. The van der Waals surface area contributed by atoms with E-state index in [1.165, 1.54) is 7.11 Å². The second-order valence-corrected chi connectivity index (χ2v) is 5.03. The molecule has 0 saturated heterocycles. The fraction of sp³-hybridized carbons (Fsp3) is 0.462. The van der Waals surface area contributed by atoms with Gasteiger partial charge in [-0.1, -0.05) is 22.0 Å². The Morgan fingerprint density at radius 3 is 2.65 bits per heavy atom. The summed E-state index contributed by atoms with van der Waals surface area (Å²) < 4.78 is 5.69. The first-order valence-corrected chi connectivity index (χ1v) is 6.34. The van der Waals surface area contributed by atoms with Crippen LogP contribution in [0, 0.1) is 13.8 Å². The minimum absolute atomic E-state index is 0.124. The Morgan fingerprint density at radius 1 is 1.41 bits per heavy atom. The molecular weight excluding hydrogens is 282 g/mol. The number of aryl methyl sites for hydroxylation is 2. The SMILES string of the molecule is COC(=O)CCC(N)c1cc(C)c(Br)cc1C. The molecule has 0 fully saturated rings. The highest BCUT2D eigenvalue weighted by Crippen LogP contribution is 2.26. The van der Waals surface area contributed by atoms with Crippen molar-refractivity contribution in [2.75, 3.05) is 7.11 Å². The van der Waals surface area contributed by atoms with Gasteiger partial charge in [0.2, 0.25) is 0 Å². The summed E-state index contributed by atoms with van der Waals surface area (Å²) in [6.07, 6.45) is 0.959. The van der Waals surface area contributed by atoms with Crippen LogP contribution in [0.15, 0.2) is 16.6 Å². The maximum Gasteiger partial charge on any atom is 0.305 e. The third-order valence-electron chi connectivity index (χ3n) is 2.83. The number of nitrogens with two attached hydrogens (primary N) is 1. The summed E-state index contributed by atoms with van der Waals surface area (Å²) in [5.41, 5.74) is 9.48. The molecule has 1 aromatic rings. The summed E-state index contributed by atoms with van der Waals surface area (Å²) in [5, 5.41) is 0. The highest BCUT2D eigenvalue weighted by molar-refractivity contribution is 9.10. The number of methoxy groups -OCH3 is 1. The van der Waals surface area contributed by atoms with E-state index in [1.54, 1.807) is 0 Å². The predicted octanol–water partition coefficient (Wildman–Crippen LogP) is 3.02. The molecule has 1 rings (SSSR count). The molecule has 0 radical (unpaired) electrons. The number of esters is 1. The normalized spacial score (nSPS) is 12.3. The lowest BCUT2D eigenvalue weighted by atomic mass is 9.96. The van der Waals surface area contributed by atoms with Gasteiger partial charge in [0.15, 0.2) is 0 Å². The topological polar surface area (TPSA) is 52.3 Å². The number of carbonyl (C=O) groups is 1. The standard InChI is InChI=1S/C13H18BrNO2/c1-8-7-11(14)9(2)6-10(8)12(15)4-5-13(16)17-3/h6-7,12H,4-5,15H2,1-3H3. The van der Waals surface area contributed by atoms with Crippen molar-refractivity contribution in [1.29, 1.82) is 0 Å². The first-order chi connectivity index (χ1) is 7.95. The van der Waals surface area contributed by atoms with E-state index in [9.17, 15) is 4.79 Å². The molecule has 0 aromatic heterocycles. The van der Waals surface area contributed by atoms with Crippen molar-refractivity contribution >= 4 is 21.9 Å². The number of ether oxygens (including phenoxy) is 1. The Labute approximate surface area is 110 Å². The van der Waals surface area contributed by atoms with Crippen LogP contribution in [0.25, 0.3) is 0 Å². The fourth-order valence-corrected chi connectivity index (χ4v) is 2.19. The summed E-state index contributed by atoms with van der Waals surface area (Å²) in [6, 6.07) is 4.00. The molecule has 4 heteroatoms. The molecule has 0 aliphatic heterocycles. The van der Waals surface area contributed by atoms with Crippen LogP contribution in [-0.2, 0) is 9.53 Å². The second kappa shape index (κ2) is 6.17. The smallest absolute Gasteiger partial charge is 0.305 e. The van der Waals surface area contributed by atoms with E-state index in [2.05, 4.69) is 32.8 Å². The van der Waals surface area contributed by atoms with E-state index in [1.807, 2.05) is 13.8 Å². The van der Waals surface area contributed by atoms with Crippen molar-refractivity contribution < 1.29 is 9.53 Å². The van der Waals surface area contributed by atoms with E-state index < -0.39 is 0 Å². The van der Waals surface area contributed by atoms with Crippen molar-refractivity contribution in [2.45, 2.75) is 32.7 Å². The van der Waals surface area contributed by atoms with Gasteiger partial charge >= 0.3 is 5.97 Å². The van der Waals surface area contributed by atoms with Crippen molar-refractivity contribution in [3.8, 4) is 0 Å². The number of benzene rings is 1. The molecule has 0 bridgehead atoms. The highest BCUT2D eigenvalue weighted by Gasteiger charge is 2.12. The average molecular weight is 300 g/mol. The third kappa shape index (κ3) is 3.82. The van der Waals surface area contributed by atoms with Crippen molar-refractivity contribution in [3.05, 3.63) is 33.3 Å². The van der Waals surface area contributed by atoms with E-state index >= 15 is 0 Å². The molecule has 0 aliphatic carbocycles. The molecule has 0 aliphatic rings. The third-order valence-corrected chi connectivity index (χ3v) is 3.69. The van der Waals surface area contributed by atoms with Crippen molar-refractivity contribution in [1.82, 2.24) is 0 Å². The monoisotopic (exact) mass is 299 g/mol. The molecule has 0 amide bonds. The van der Waals surface area contributed by atoms with E-state index in [4.69, 9.17) is 5.73 Å². The Morgan fingerprint density at radius 2 is 2.06 bits per heavy atom. The predicted molar refractivity (Wildman–Crippen MR) is 71.8 cm³/mol. The molecule has 0 spiro atoms. The highest BCUT2D eigenvalue weighted by atomic mass is 79.9. The summed E-state index contributed by atoms with van der Waals surface area (Å²) in [6.45, 7) is 4.05. The molecule has 3 nitrogen and oxygen atoms in total. The number of carbonyl (C=O) groups excluding carboxylic acids is 1. The molecule has 1 aromatic carbocycles. The molecule has 1 unspecified atom stereocenters. The largest absolute Gasteiger partial charge is 0.469 e. The first kappa shape index (κ1) is 14.2. The van der Waals surface area contributed by atoms with E-state index in [0.717, 1.165) is 21.2 Å². The number of halogens is 1. The van der Waals surface area contributed by atoms with Crippen molar-refractivity contribution in [2.24, 2.45) is 5.73 Å². The fourth-order valence-electron chi connectivity index (χ4n) is 1.73. The van der Waals surface area contributed by atoms with Crippen LogP contribution in [0.5, 0.6) is 0 Å². The minimum atomic E-state index is -0.216. The number of rotatable bonds is 4. The van der Waals surface area contributed by atoms with Crippen LogP contribution < -0.4 is 5.73 Å². The molecule has 0 heterocycles. The lowest BCUT2D eigenvalue weighted by Crippen LogP contribution is -2.14. The van der Waals surface area contributed by atoms with Crippen LogP contribution in [0.1, 0.15) is 35.6 Å². The van der Waals surface area contributed by atoms with Gasteiger partial charge in [0, 0.05) is 16.9 Å². The van der Waals surface area contributed by atoms with Gasteiger partial charge in [0.05, 0.1) is 7.11 Å². The van der Waals surface area contributed by atoms with Gasteiger partial charge in [0.1, 0.15) is 0 Å². The van der Waals surface area contributed by atoms with Gasteiger partial charge in [-0.3, -0.25) is 4.79 Å². The zero-order valence-electron chi connectivity index (χ0n) is 10.4. The van der Waals surface area contributed by atoms with E-state index in [-0.39, 0.29) is 12.0 Å². The van der Waals surface area contributed by atoms with Gasteiger partial charge in [-0.15, -0.1) is 0 Å². The lowest BCUT2D eigenvalue weighted by molar-refractivity contribution is -0.140.